The Kier molecular flexibility index (Phi) is 9.82. The van der Waals surface area contributed by atoms with Crippen LogP contribution in [0.2, 0.25) is 0 Å². The molecule has 4 heterocycles. The van der Waals surface area contributed by atoms with E-state index >= 15 is 0 Å². The Morgan fingerprint density at radius 3 is 2.35 bits per heavy atom. The van der Waals surface area contributed by atoms with Gasteiger partial charge in [-0.2, -0.15) is 0 Å². The molecule has 4 fully saturated rings. The molecule has 0 radical (unpaired) electrons. The fourth-order valence-corrected chi connectivity index (χ4v) is 7.21. The van der Waals surface area contributed by atoms with Crippen LogP contribution < -0.4 is 10.6 Å². The van der Waals surface area contributed by atoms with Gasteiger partial charge in [0, 0.05) is 68.4 Å². The fraction of sp³-hybridized carbons (Fsp3) is 0.556. The standard InChI is InChI=1S/C36H49N7O5/c1-6-23(17-33(38-5)47-28-18-27(19-28)46-26-13-15-41(16-14-26)35(45)48-36(2,3)4)43-24-11-12-25(43)22-42(21-24)31-20-30(39-40-34(31)37)29-9-7-8-10-32(29)44/h6-10,17,20,24-28,44H,5,11-16,18-19,21-22H2,1-4H3,(H2,37,40)/b23-6+,33-17+. The number of aromatic hydroxyl groups is 1. The van der Waals surface area contributed by atoms with Gasteiger partial charge in [0.2, 0.25) is 5.88 Å². The summed E-state index contributed by atoms with van der Waals surface area (Å²) in [6.07, 6.45) is 9.54. The van der Waals surface area contributed by atoms with Crippen LogP contribution in [0, 0.1) is 0 Å². The first-order valence-electron chi connectivity index (χ1n) is 17.1. The number of nitrogens with zero attached hydrogens (tertiary/aromatic N) is 6. The number of hydrogen-bond donors (Lipinski definition) is 2. The number of aromatic nitrogens is 2. The molecule has 2 bridgehead atoms. The molecular formula is C36H49N7O5. The highest BCUT2D eigenvalue weighted by molar-refractivity contribution is 5.74. The summed E-state index contributed by atoms with van der Waals surface area (Å²) in [6, 6.07) is 9.61. The van der Waals surface area contributed by atoms with Crippen molar-refractivity contribution in [2.45, 2.75) is 102 Å². The van der Waals surface area contributed by atoms with Gasteiger partial charge in [0.25, 0.3) is 0 Å². The van der Waals surface area contributed by atoms with Gasteiger partial charge in [-0.1, -0.05) is 18.2 Å². The van der Waals surface area contributed by atoms with Crippen molar-refractivity contribution in [2.75, 3.05) is 36.8 Å². The van der Waals surface area contributed by atoms with Gasteiger partial charge in [0.1, 0.15) is 17.5 Å². The molecule has 1 aromatic carbocycles. The number of allylic oxidation sites excluding steroid dienone is 2. The van der Waals surface area contributed by atoms with Crippen molar-refractivity contribution in [3.63, 3.8) is 0 Å². The van der Waals surface area contributed by atoms with Crippen LogP contribution in [-0.2, 0) is 14.2 Å². The number of phenols is 1. The van der Waals surface area contributed by atoms with E-state index in [1.807, 2.05) is 52.0 Å². The topological polar surface area (TPSA) is 139 Å². The molecule has 6 rings (SSSR count). The van der Waals surface area contributed by atoms with Gasteiger partial charge in [0.15, 0.2) is 5.82 Å². The highest BCUT2D eigenvalue weighted by Gasteiger charge is 2.42. The van der Waals surface area contributed by atoms with E-state index in [1.54, 1.807) is 17.0 Å². The zero-order chi connectivity index (χ0) is 34.0. The normalized spacial score (nSPS) is 25.1. The highest BCUT2D eigenvalue weighted by Crippen LogP contribution is 2.39. The Bertz CT molecular complexity index is 1530. The average molecular weight is 660 g/mol. The molecule has 1 aromatic heterocycles. The third-order valence-corrected chi connectivity index (χ3v) is 9.64. The lowest BCUT2D eigenvalue weighted by atomic mass is 9.91. The number of aliphatic imine (C=N–C) groups is 1. The molecule has 258 valence electrons. The molecule has 12 heteroatoms. The molecule has 1 amide bonds. The van der Waals surface area contributed by atoms with E-state index in [4.69, 9.17) is 19.9 Å². The monoisotopic (exact) mass is 659 g/mol. The van der Waals surface area contributed by atoms with E-state index in [2.05, 4.69) is 37.8 Å². The number of carbonyl (C=O) groups is 1. The number of para-hydroxylation sites is 1. The number of phenolic OH excluding ortho intramolecular Hbond substituents is 1. The summed E-state index contributed by atoms with van der Waals surface area (Å²) in [4.78, 5) is 23.2. The summed E-state index contributed by atoms with van der Waals surface area (Å²) in [6.45, 7) is 14.4. The maximum absolute atomic E-state index is 12.4. The highest BCUT2D eigenvalue weighted by atomic mass is 16.6. The number of rotatable bonds is 9. The van der Waals surface area contributed by atoms with Gasteiger partial charge >= 0.3 is 6.09 Å². The molecule has 2 atom stereocenters. The molecule has 48 heavy (non-hydrogen) atoms. The van der Waals surface area contributed by atoms with Gasteiger partial charge in [-0.3, -0.25) is 0 Å². The molecule has 3 saturated heterocycles. The number of ether oxygens (including phenoxy) is 3. The summed E-state index contributed by atoms with van der Waals surface area (Å²) >= 11 is 0. The minimum atomic E-state index is -0.491. The lowest BCUT2D eigenvalue weighted by molar-refractivity contribution is -0.122. The van der Waals surface area contributed by atoms with Crippen LogP contribution in [0.1, 0.15) is 66.2 Å². The minimum absolute atomic E-state index is 0.0284. The number of nitrogen functional groups attached to an aromatic ring is 1. The van der Waals surface area contributed by atoms with Crippen LogP contribution in [0.25, 0.3) is 11.3 Å². The number of anilines is 2. The molecule has 2 aromatic rings. The Labute approximate surface area is 283 Å². The van der Waals surface area contributed by atoms with Crippen molar-refractivity contribution in [1.82, 2.24) is 20.0 Å². The summed E-state index contributed by atoms with van der Waals surface area (Å²) in [5.74, 6) is 1.07. The predicted molar refractivity (Wildman–Crippen MR) is 186 cm³/mol. The van der Waals surface area contributed by atoms with Crippen molar-refractivity contribution < 1.29 is 24.1 Å². The number of piperidine rings is 1. The van der Waals surface area contributed by atoms with E-state index in [9.17, 15) is 9.90 Å². The van der Waals surface area contributed by atoms with Crippen molar-refractivity contribution >= 4 is 24.3 Å². The smallest absolute Gasteiger partial charge is 0.410 e. The van der Waals surface area contributed by atoms with E-state index in [-0.39, 0.29) is 42.2 Å². The van der Waals surface area contributed by atoms with Gasteiger partial charge in [-0.05, 0) is 78.3 Å². The molecule has 3 aliphatic heterocycles. The van der Waals surface area contributed by atoms with Crippen LogP contribution >= 0.6 is 0 Å². The first-order chi connectivity index (χ1) is 23.0. The second-order valence-electron chi connectivity index (χ2n) is 14.2. The van der Waals surface area contributed by atoms with Crippen molar-refractivity contribution in [2.24, 2.45) is 4.99 Å². The lowest BCUT2D eigenvalue weighted by Gasteiger charge is -2.44. The number of benzene rings is 1. The summed E-state index contributed by atoms with van der Waals surface area (Å²) < 4.78 is 18.1. The van der Waals surface area contributed by atoms with Gasteiger partial charge < -0.3 is 39.8 Å². The molecule has 1 aliphatic carbocycles. The van der Waals surface area contributed by atoms with Crippen LogP contribution in [0.15, 0.2) is 59.1 Å². The van der Waals surface area contributed by atoms with Crippen LogP contribution in [0.4, 0.5) is 16.3 Å². The number of likely N-dealkylation sites (tertiary alicyclic amines) is 1. The van der Waals surface area contributed by atoms with Gasteiger partial charge in [-0.15, -0.1) is 10.2 Å². The zero-order valence-electron chi connectivity index (χ0n) is 28.5. The van der Waals surface area contributed by atoms with Gasteiger partial charge in [-0.25, -0.2) is 9.79 Å². The van der Waals surface area contributed by atoms with Crippen LogP contribution in [0.3, 0.4) is 0 Å². The largest absolute Gasteiger partial charge is 0.507 e. The Hall–Kier alpha value is -4.32. The lowest BCUT2D eigenvalue weighted by Crippen LogP contribution is -2.53. The third kappa shape index (κ3) is 7.53. The molecule has 0 spiro atoms. The molecule has 2 unspecified atom stereocenters. The number of nitrogens with two attached hydrogens (primary N) is 1. The Morgan fingerprint density at radius 1 is 1.04 bits per heavy atom. The average Bonchev–Trinajstić information content (AvgIpc) is 3.29. The van der Waals surface area contributed by atoms with E-state index < -0.39 is 5.60 Å². The van der Waals surface area contributed by atoms with Crippen molar-refractivity contribution in [3.05, 3.63) is 54.1 Å². The van der Waals surface area contributed by atoms with Crippen molar-refractivity contribution in [3.8, 4) is 17.0 Å². The summed E-state index contributed by atoms with van der Waals surface area (Å²) in [7, 11) is 0. The third-order valence-electron chi connectivity index (χ3n) is 9.64. The fourth-order valence-electron chi connectivity index (χ4n) is 7.21. The van der Waals surface area contributed by atoms with Crippen LogP contribution in [0.5, 0.6) is 5.75 Å². The maximum atomic E-state index is 12.4. The van der Waals surface area contributed by atoms with E-state index in [0.717, 1.165) is 63.0 Å². The zero-order valence-corrected chi connectivity index (χ0v) is 28.5. The minimum Gasteiger partial charge on any atom is -0.507 e. The summed E-state index contributed by atoms with van der Waals surface area (Å²) in [5.41, 5.74) is 8.98. The quantitative estimate of drug-likeness (QED) is 0.202. The first kappa shape index (κ1) is 33.6. The molecule has 4 aliphatic rings. The number of amides is 1. The molecular weight excluding hydrogens is 610 g/mol. The second kappa shape index (κ2) is 14.0. The number of carbonyl (C=O) groups excluding carboxylic acids is 1. The second-order valence-corrected chi connectivity index (χ2v) is 14.2. The molecule has 1 saturated carbocycles. The number of piperazine rings is 1. The summed E-state index contributed by atoms with van der Waals surface area (Å²) in [5, 5.41) is 18.9. The van der Waals surface area contributed by atoms with E-state index in [0.29, 0.717) is 36.0 Å². The van der Waals surface area contributed by atoms with Crippen LogP contribution in [-0.4, -0.2) is 100 Å². The number of hydrogen-bond acceptors (Lipinski definition) is 11. The predicted octanol–water partition coefficient (Wildman–Crippen LogP) is 5.49. The SMILES string of the molecule is C=N/C(=C\C(=C/C)N1C2CCC1CN(c1cc(-c3ccccc3O)nnc1N)C2)OC1CC(OC2CCN(C(=O)OC(C)(C)C)CC2)C1. The first-order valence-corrected chi connectivity index (χ1v) is 17.1. The molecule has 12 nitrogen and oxygen atoms in total. The van der Waals surface area contributed by atoms with Crippen molar-refractivity contribution in [1.29, 1.82) is 0 Å². The Balaban J connectivity index is 1.01. The van der Waals surface area contributed by atoms with Gasteiger partial charge in [0.05, 0.1) is 23.6 Å². The molecule has 3 N–H and O–H groups in total. The van der Waals surface area contributed by atoms with E-state index in [1.165, 1.54) is 0 Å². The Morgan fingerprint density at radius 2 is 1.73 bits per heavy atom. The number of fused-ring (bicyclic) bond motifs is 2. The maximum Gasteiger partial charge on any atom is 0.410 e.